The molecule has 2 heterocycles. The predicted octanol–water partition coefficient (Wildman–Crippen LogP) is 3.41. The van der Waals surface area contributed by atoms with Gasteiger partial charge in [0.25, 0.3) is 0 Å². The first kappa shape index (κ1) is 15.9. The smallest absolute Gasteiger partial charge is 0.229 e. The lowest BCUT2D eigenvalue weighted by Crippen LogP contribution is -2.30. The van der Waals surface area contributed by atoms with Crippen molar-refractivity contribution < 1.29 is 4.79 Å². The van der Waals surface area contributed by atoms with Crippen LogP contribution in [0.1, 0.15) is 24.8 Å². The molecular weight excluding hydrogens is 356 g/mol. The van der Waals surface area contributed by atoms with E-state index >= 15 is 0 Å². The van der Waals surface area contributed by atoms with Crippen LogP contribution in [0.15, 0.2) is 40.9 Å². The van der Waals surface area contributed by atoms with Crippen LogP contribution in [0.25, 0.3) is 0 Å². The van der Waals surface area contributed by atoms with E-state index in [2.05, 4.69) is 36.3 Å². The fraction of sp³-hybridized carbons (Fsp3) is 0.353. The molecule has 1 aromatic carbocycles. The average Bonchev–Trinajstić information content (AvgIpc) is 2.56. The van der Waals surface area contributed by atoms with Crippen LogP contribution in [0.3, 0.4) is 0 Å². The van der Waals surface area contributed by atoms with Crippen molar-refractivity contribution in [2.45, 2.75) is 25.7 Å². The number of rotatable bonds is 4. The highest BCUT2D eigenvalue weighted by Gasteiger charge is 2.13. The number of halogens is 1. The Labute approximate surface area is 144 Å². The monoisotopic (exact) mass is 374 g/mol. The highest BCUT2D eigenvalue weighted by molar-refractivity contribution is 9.10. The molecule has 0 spiro atoms. The zero-order chi connectivity index (χ0) is 16.1. The topological polar surface area (TPSA) is 58.1 Å². The molecule has 1 aliphatic heterocycles. The lowest BCUT2D eigenvalue weighted by molar-refractivity contribution is -0.115. The minimum absolute atomic E-state index is 0.0943. The van der Waals surface area contributed by atoms with Gasteiger partial charge in [0, 0.05) is 17.6 Å². The lowest BCUT2D eigenvalue weighted by atomic mass is 10.1. The molecule has 5 nitrogen and oxygen atoms in total. The standard InChI is InChI=1S/C17H19BrN4O/c18-14-6-4-5-13(11-14)12-17(23)19-15-7-8-16(21-20-15)22-9-2-1-3-10-22/h4-8,11H,1-3,9-10,12H2,(H,19,20,23). The Bertz CT molecular complexity index is 669. The molecular formula is C17H19BrN4O. The van der Waals surface area contributed by atoms with Crippen molar-refractivity contribution in [2.24, 2.45) is 0 Å². The van der Waals surface area contributed by atoms with Gasteiger partial charge in [-0.15, -0.1) is 10.2 Å². The molecule has 0 atom stereocenters. The maximum absolute atomic E-state index is 12.1. The summed E-state index contributed by atoms with van der Waals surface area (Å²) in [6, 6.07) is 11.5. The zero-order valence-electron chi connectivity index (χ0n) is 12.8. The molecule has 6 heteroatoms. The van der Waals surface area contributed by atoms with Gasteiger partial charge in [-0.25, -0.2) is 0 Å². The van der Waals surface area contributed by atoms with Crippen LogP contribution >= 0.6 is 15.9 Å². The molecule has 1 fully saturated rings. The molecule has 23 heavy (non-hydrogen) atoms. The van der Waals surface area contributed by atoms with Crippen LogP contribution < -0.4 is 10.2 Å². The van der Waals surface area contributed by atoms with Gasteiger partial charge in [-0.05, 0) is 49.1 Å². The summed E-state index contributed by atoms with van der Waals surface area (Å²) in [6.45, 7) is 2.06. The van der Waals surface area contributed by atoms with Crippen molar-refractivity contribution in [3.05, 3.63) is 46.4 Å². The maximum Gasteiger partial charge on any atom is 0.229 e. The number of amides is 1. The summed E-state index contributed by atoms with van der Waals surface area (Å²) in [5.74, 6) is 1.28. The molecule has 1 amide bonds. The fourth-order valence-corrected chi connectivity index (χ4v) is 3.15. The summed E-state index contributed by atoms with van der Waals surface area (Å²) in [6.07, 6.45) is 4.00. The number of nitrogens with zero attached hydrogens (tertiary/aromatic N) is 3. The van der Waals surface area contributed by atoms with E-state index in [1.165, 1.54) is 19.3 Å². The van der Waals surface area contributed by atoms with E-state index in [9.17, 15) is 4.79 Å². The van der Waals surface area contributed by atoms with E-state index in [-0.39, 0.29) is 5.91 Å². The summed E-state index contributed by atoms with van der Waals surface area (Å²) >= 11 is 3.41. The van der Waals surface area contributed by atoms with Crippen LogP contribution in [-0.4, -0.2) is 29.2 Å². The summed E-state index contributed by atoms with van der Waals surface area (Å²) < 4.78 is 0.966. The van der Waals surface area contributed by atoms with E-state index in [0.29, 0.717) is 12.2 Å². The number of nitrogens with one attached hydrogen (secondary N) is 1. The van der Waals surface area contributed by atoms with Gasteiger partial charge in [0.15, 0.2) is 11.6 Å². The first-order valence-electron chi connectivity index (χ1n) is 7.84. The molecule has 0 saturated carbocycles. The van der Waals surface area contributed by atoms with Crippen LogP contribution in [0, 0.1) is 0 Å². The molecule has 1 N–H and O–H groups in total. The van der Waals surface area contributed by atoms with Crippen LogP contribution in [0.2, 0.25) is 0 Å². The highest BCUT2D eigenvalue weighted by atomic mass is 79.9. The quantitative estimate of drug-likeness (QED) is 0.890. The van der Waals surface area contributed by atoms with Crippen molar-refractivity contribution >= 4 is 33.5 Å². The minimum atomic E-state index is -0.0943. The van der Waals surface area contributed by atoms with Gasteiger partial charge in [0.05, 0.1) is 6.42 Å². The zero-order valence-corrected chi connectivity index (χ0v) is 14.4. The molecule has 0 aliphatic carbocycles. The highest BCUT2D eigenvalue weighted by Crippen LogP contribution is 2.18. The summed E-state index contributed by atoms with van der Waals surface area (Å²) in [7, 11) is 0. The molecule has 1 aromatic heterocycles. The number of piperidine rings is 1. The number of aromatic nitrogens is 2. The Morgan fingerprint density at radius 2 is 1.96 bits per heavy atom. The van der Waals surface area contributed by atoms with Crippen molar-refractivity contribution in [3.63, 3.8) is 0 Å². The molecule has 0 unspecified atom stereocenters. The van der Waals surface area contributed by atoms with Gasteiger partial charge < -0.3 is 10.2 Å². The number of carbonyl (C=O) groups is 1. The molecule has 1 aliphatic rings. The second-order valence-electron chi connectivity index (χ2n) is 5.68. The third kappa shape index (κ3) is 4.51. The van der Waals surface area contributed by atoms with Crippen molar-refractivity contribution in [2.75, 3.05) is 23.3 Å². The molecule has 2 aromatic rings. The third-order valence-corrected chi connectivity index (χ3v) is 4.34. The van der Waals surface area contributed by atoms with Crippen LogP contribution in [0.4, 0.5) is 11.6 Å². The molecule has 3 rings (SSSR count). The van der Waals surface area contributed by atoms with Gasteiger partial charge in [-0.1, -0.05) is 28.1 Å². The first-order chi connectivity index (χ1) is 11.2. The van der Waals surface area contributed by atoms with E-state index in [1.54, 1.807) is 0 Å². The van der Waals surface area contributed by atoms with Crippen LogP contribution in [0.5, 0.6) is 0 Å². The Morgan fingerprint density at radius 3 is 2.65 bits per heavy atom. The largest absolute Gasteiger partial charge is 0.355 e. The number of carbonyl (C=O) groups excluding carboxylic acids is 1. The van der Waals surface area contributed by atoms with E-state index < -0.39 is 0 Å². The average molecular weight is 375 g/mol. The Hall–Kier alpha value is -1.95. The Morgan fingerprint density at radius 1 is 1.13 bits per heavy atom. The van der Waals surface area contributed by atoms with Crippen molar-refractivity contribution in [1.29, 1.82) is 0 Å². The summed E-state index contributed by atoms with van der Waals surface area (Å²) in [4.78, 5) is 14.3. The van der Waals surface area contributed by atoms with Gasteiger partial charge >= 0.3 is 0 Å². The second kappa shape index (κ2) is 7.55. The fourth-order valence-electron chi connectivity index (χ4n) is 2.70. The van der Waals surface area contributed by atoms with Gasteiger partial charge in [-0.2, -0.15) is 0 Å². The number of benzene rings is 1. The number of anilines is 2. The van der Waals surface area contributed by atoms with Crippen molar-refractivity contribution in [1.82, 2.24) is 10.2 Å². The van der Waals surface area contributed by atoms with Gasteiger partial charge in [-0.3, -0.25) is 4.79 Å². The molecule has 0 bridgehead atoms. The van der Waals surface area contributed by atoms with Crippen molar-refractivity contribution in [3.8, 4) is 0 Å². The minimum Gasteiger partial charge on any atom is -0.355 e. The van der Waals surface area contributed by atoms with Gasteiger partial charge in [0.1, 0.15) is 0 Å². The maximum atomic E-state index is 12.1. The van der Waals surface area contributed by atoms with E-state index in [4.69, 9.17) is 0 Å². The first-order valence-corrected chi connectivity index (χ1v) is 8.63. The molecule has 1 saturated heterocycles. The SMILES string of the molecule is O=C(Cc1cccc(Br)c1)Nc1ccc(N2CCCCC2)nn1. The molecule has 120 valence electrons. The van der Waals surface area contributed by atoms with Crippen LogP contribution in [-0.2, 0) is 11.2 Å². The Balaban J connectivity index is 1.58. The van der Waals surface area contributed by atoms with Gasteiger partial charge in [0.2, 0.25) is 5.91 Å². The molecule has 0 radical (unpaired) electrons. The number of hydrogen-bond donors (Lipinski definition) is 1. The second-order valence-corrected chi connectivity index (χ2v) is 6.60. The third-order valence-electron chi connectivity index (χ3n) is 3.85. The normalized spacial score (nSPS) is 14.6. The number of hydrogen-bond acceptors (Lipinski definition) is 4. The summed E-state index contributed by atoms with van der Waals surface area (Å²) in [5, 5.41) is 11.1. The van der Waals surface area contributed by atoms with E-state index in [1.807, 2.05) is 36.4 Å². The van der Waals surface area contributed by atoms with E-state index in [0.717, 1.165) is 28.9 Å². The predicted molar refractivity (Wildman–Crippen MR) is 94.6 cm³/mol. The summed E-state index contributed by atoms with van der Waals surface area (Å²) in [5.41, 5.74) is 0.953. The Kier molecular flexibility index (Phi) is 5.23. The lowest BCUT2D eigenvalue weighted by Gasteiger charge is -2.27.